The van der Waals surface area contributed by atoms with E-state index in [2.05, 4.69) is 23.8 Å². The summed E-state index contributed by atoms with van der Waals surface area (Å²) in [4.78, 5) is 24.9. The second-order valence-electron chi connectivity index (χ2n) is 9.23. The number of carbonyl (C=O) groups excluding carboxylic acids is 2. The van der Waals surface area contributed by atoms with Gasteiger partial charge in [-0.05, 0) is 44.1 Å². The molecule has 0 aliphatic heterocycles. The van der Waals surface area contributed by atoms with Gasteiger partial charge in [0.25, 0.3) is 0 Å². The lowest BCUT2D eigenvalue weighted by Crippen LogP contribution is -2.37. The van der Waals surface area contributed by atoms with Crippen molar-refractivity contribution in [2.45, 2.75) is 109 Å². The molecule has 0 bridgehead atoms. The van der Waals surface area contributed by atoms with E-state index >= 15 is 0 Å². The summed E-state index contributed by atoms with van der Waals surface area (Å²) < 4.78 is 0. The molecule has 1 aromatic carbocycles. The Hall–Kier alpha value is -2.36. The van der Waals surface area contributed by atoms with Gasteiger partial charge in [0.05, 0.1) is 6.04 Å². The zero-order chi connectivity index (χ0) is 24.7. The average molecular weight is 469 g/mol. The lowest BCUT2D eigenvalue weighted by molar-refractivity contribution is -0.123. The number of unbranched alkanes of at least 4 members (excludes halogenated alkanes) is 12. The number of allylic oxidation sites excluding steroid dienone is 2. The Morgan fingerprint density at radius 2 is 1.15 bits per heavy atom. The van der Waals surface area contributed by atoms with Crippen LogP contribution in [-0.2, 0) is 9.59 Å². The van der Waals surface area contributed by atoms with E-state index in [9.17, 15) is 9.59 Å². The fraction of sp³-hybridized carbons (Fsp3) is 0.600. The summed E-state index contributed by atoms with van der Waals surface area (Å²) in [5.74, 6) is 0.129. The van der Waals surface area contributed by atoms with Gasteiger partial charge in [-0.1, -0.05) is 93.9 Å². The van der Waals surface area contributed by atoms with E-state index < -0.39 is 0 Å². The Morgan fingerprint density at radius 3 is 1.68 bits per heavy atom. The summed E-state index contributed by atoms with van der Waals surface area (Å²) in [5.41, 5.74) is 1.03. The molecule has 34 heavy (non-hydrogen) atoms. The number of carbonyl (C=O) groups is 2. The van der Waals surface area contributed by atoms with Crippen LogP contribution in [0.4, 0.5) is 0 Å². The van der Waals surface area contributed by atoms with Crippen LogP contribution in [0.3, 0.4) is 0 Å². The van der Waals surface area contributed by atoms with Crippen LogP contribution in [-0.4, -0.2) is 18.4 Å². The highest BCUT2D eigenvalue weighted by Gasteiger charge is 2.15. The fourth-order valence-corrected chi connectivity index (χ4v) is 4.07. The molecule has 0 aliphatic carbocycles. The molecular weight excluding hydrogens is 420 g/mol. The van der Waals surface area contributed by atoms with Gasteiger partial charge in [-0.2, -0.15) is 0 Å². The fourth-order valence-electron chi connectivity index (χ4n) is 4.07. The highest BCUT2D eigenvalue weighted by molar-refractivity contribution is 5.77. The van der Waals surface area contributed by atoms with E-state index in [4.69, 9.17) is 0 Å². The summed E-state index contributed by atoms with van der Waals surface area (Å²) >= 11 is 0. The zero-order valence-corrected chi connectivity index (χ0v) is 21.4. The second-order valence-corrected chi connectivity index (χ2v) is 9.23. The topological polar surface area (TPSA) is 58.2 Å². The Balaban J connectivity index is 2.28. The van der Waals surface area contributed by atoms with Gasteiger partial charge < -0.3 is 10.6 Å². The van der Waals surface area contributed by atoms with Crippen LogP contribution in [0.1, 0.15) is 114 Å². The molecule has 2 amide bonds. The van der Waals surface area contributed by atoms with Crippen molar-refractivity contribution in [2.75, 3.05) is 6.54 Å². The first kappa shape index (κ1) is 29.7. The molecule has 1 unspecified atom stereocenters. The van der Waals surface area contributed by atoms with Crippen LogP contribution < -0.4 is 10.6 Å². The largest absolute Gasteiger partial charge is 0.354 e. The monoisotopic (exact) mass is 468 g/mol. The smallest absolute Gasteiger partial charge is 0.220 e. The molecule has 1 rings (SSSR count). The zero-order valence-electron chi connectivity index (χ0n) is 21.4. The van der Waals surface area contributed by atoms with E-state index in [1.807, 2.05) is 42.5 Å². The maximum atomic E-state index is 12.5. The molecule has 4 heteroatoms. The summed E-state index contributed by atoms with van der Waals surface area (Å²) in [6.45, 7) is 7.94. The van der Waals surface area contributed by atoms with Gasteiger partial charge in [-0.15, -0.1) is 13.2 Å². The van der Waals surface area contributed by atoms with Gasteiger partial charge >= 0.3 is 0 Å². The minimum Gasteiger partial charge on any atom is -0.354 e. The van der Waals surface area contributed by atoms with E-state index in [1.54, 1.807) is 0 Å². The highest BCUT2D eigenvalue weighted by atomic mass is 16.2. The third kappa shape index (κ3) is 16.3. The van der Waals surface area contributed by atoms with E-state index in [1.165, 1.54) is 51.4 Å². The quantitative estimate of drug-likeness (QED) is 0.136. The SMILES string of the molecule is C=CCCCCCCCCC(=O)NCC(NC(=O)CCCCCCCCC=C)c1ccccc1. The van der Waals surface area contributed by atoms with Crippen LogP contribution in [0.2, 0.25) is 0 Å². The van der Waals surface area contributed by atoms with Crippen molar-refractivity contribution >= 4 is 11.8 Å². The van der Waals surface area contributed by atoms with Crippen molar-refractivity contribution in [1.82, 2.24) is 10.6 Å². The molecule has 0 saturated carbocycles. The molecule has 0 radical (unpaired) electrons. The van der Waals surface area contributed by atoms with E-state index in [0.29, 0.717) is 19.4 Å². The molecule has 0 aliphatic rings. The van der Waals surface area contributed by atoms with Crippen molar-refractivity contribution in [3.63, 3.8) is 0 Å². The van der Waals surface area contributed by atoms with Gasteiger partial charge in [-0.25, -0.2) is 0 Å². The highest BCUT2D eigenvalue weighted by Crippen LogP contribution is 2.14. The van der Waals surface area contributed by atoms with Gasteiger partial charge in [0, 0.05) is 19.4 Å². The first-order valence-electron chi connectivity index (χ1n) is 13.5. The number of hydrogen-bond donors (Lipinski definition) is 2. The number of rotatable bonds is 22. The molecule has 190 valence electrons. The van der Waals surface area contributed by atoms with Crippen LogP contribution in [0.15, 0.2) is 55.6 Å². The summed E-state index contributed by atoms with van der Waals surface area (Å²) in [5, 5.41) is 6.17. The molecule has 4 nitrogen and oxygen atoms in total. The van der Waals surface area contributed by atoms with Crippen LogP contribution >= 0.6 is 0 Å². The first-order valence-corrected chi connectivity index (χ1v) is 13.5. The minimum absolute atomic E-state index is 0.0613. The average Bonchev–Trinajstić information content (AvgIpc) is 2.85. The Bertz CT molecular complexity index is 672. The molecule has 1 aromatic rings. The predicted octanol–water partition coefficient (Wildman–Crippen LogP) is 7.57. The predicted molar refractivity (Wildman–Crippen MR) is 145 cm³/mol. The number of benzene rings is 1. The second kappa shape index (κ2) is 21.2. The van der Waals surface area contributed by atoms with Crippen LogP contribution in [0.5, 0.6) is 0 Å². The number of amides is 2. The Kier molecular flexibility index (Phi) is 18.5. The van der Waals surface area contributed by atoms with Crippen molar-refractivity contribution in [2.24, 2.45) is 0 Å². The van der Waals surface area contributed by atoms with Gasteiger partial charge in [0.15, 0.2) is 0 Å². The maximum Gasteiger partial charge on any atom is 0.220 e. The van der Waals surface area contributed by atoms with Gasteiger partial charge in [0.1, 0.15) is 0 Å². The van der Waals surface area contributed by atoms with Gasteiger partial charge in [0.2, 0.25) is 11.8 Å². The summed E-state index contributed by atoms with van der Waals surface area (Å²) in [6.07, 6.45) is 21.0. The van der Waals surface area contributed by atoms with Crippen LogP contribution in [0.25, 0.3) is 0 Å². The lowest BCUT2D eigenvalue weighted by atomic mass is 10.1. The van der Waals surface area contributed by atoms with Crippen molar-refractivity contribution in [1.29, 1.82) is 0 Å². The standard InChI is InChI=1S/C30H48N2O2/c1-3-5-7-9-11-13-15-20-24-29(33)31-26-28(27-22-18-17-19-23-27)32-30(34)25-21-16-14-12-10-8-6-4-2/h3-4,17-19,22-23,28H,1-2,5-16,20-21,24-26H2,(H,31,33)(H,32,34). The number of hydrogen-bond acceptors (Lipinski definition) is 2. The van der Waals surface area contributed by atoms with Crippen molar-refractivity contribution < 1.29 is 9.59 Å². The third-order valence-corrected chi connectivity index (χ3v) is 6.16. The molecule has 0 fully saturated rings. The van der Waals surface area contributed by atoms with E-state index in [-0.39, 0.29) is 17.9 Å². The first-order chi connectivity index (χ1) is 16.7. The van der Waals surface area contributed by atoms with Crippen molar-refractivity contribution in [3.8, 4) is 0 Å². The molecule has 1 atom stereocenters. The Labute approximate surface area is 208 Å². The Morgan fingerprint density at radius 1 is 0.676 bits per heavy atom. The minimum atomic E-state index is -0.193. The van der Waals surface area contributed by atoms with Crippen molar-refractivity contribution in [3.05, 3.63) is 61.2 Å². The molecule has 0 spiro atoms. The molecule has 2 N–H and O–H groups in total. The van der Waals surface area contributed by atoms with Crippen LogP contribution in [0, 0.1) is 0 Å². The molecule has 0 aromatic heterocycles. The molecular formula is C30H48N2O2. The summed E-state index contributed by atoms with van der Waals surface area (Å²) in [6, 6.07) is 9.73. The third-order valence-electron chi connectivity index (χ3n) is 6.16. The maximum absolute atomic E-state index is 12.5. The lowest BCUT2D eigenvalue weighted by Gasteiger charge is -2.20. The van der Waals surface area contributed by atoms with Gasteiger partial charge in [-0.3, -0.25) is 9.59 Å². The summed E-state index contributed by atoms with van der Waals surface area (Å²) in [7, 11) is 0. The molecule has 0 heterocycles. The number of nitrogens with one attached hydrogen (secondary N) is 2. The normalized spacial score (nSPS) is 11.5. The molecule has 0 saturated heterocycles. The van der Waals surface area contributed by atoms with E-state index in [0.717, 1.165) is 44.1 Å².